The average molecular weight is 1210 g/mol. The van der Waals surface area contributed by atoms with Gasteiger partial charge >= 0.3 is 36.2 Å². The fraction of sp³-hybridized carbons (Fsp3) is 0.623. The lowest BCUT2D eigenvalue weighted by Gasteiger charge is -2.35. The highest BCUT2D eigenvalue weighted by molar-refractivity contribution is 5.94. The third kappa shape index (κ3) is 19.0. The molecule has 0 bridgehead atoms. The molecule has 472 valence electrons. The van der Waals surface area contributed by atoms with Crippen LogP contribution in [0.2, 0.25) is 0 Å². The highest BCUT2D eigenvalue weighted by atomic mass is 19.4. The number of esters is 4. The Bertz CT molecular complexity index is 2790. The Kier molecular flexibility index (Phi) is 24.8. The van der Waals surface area contributed by atoms with E-state index in [-0.39, 0.29) is 77.7 Å². The van der Waals surface area contributed by atoms with E-state index in [0.717, 1.165) is 31.6 Å². The second-order valence-electron chi connectivity index (χ2n) is 23.7. The van der Waals surface area contributed by atoms with Crippen LogP contribution in [0.15, 0.2) is 54.6 Å². The third-order valence-electron chi connectivity index (χ3n) is 14.9. The molecule has 4 amide bonds. The smallest absolute Gasteiger partial charge is 0.435 e. The van der Waals surface area contributed by atoms with Gasteiger partial charge in [0.1, 0.15) is 29.9 Å². The number of benzene rings is 2. The van der Waals surface area contributed by atoms with E-state index in [1.165, 1.54) is 73.2 Å². The summed E-state index contributed by atoms with van der Waals surface area (Å²) in [7, 11) is 5.16. The summed E-state index contributed by atoms with van der Waals surface area (Å²) in [5, 5.41) is 3.24. The van der Waals surface area contributed by atoms with Gasteiger partial charge in [0.2, 0.25) is 0 Å². The molecule has 0 spiro atoms. The summed E-state index contributed by atoms with van der Waals surface area (Å²) in [6, 6.07) is 5.47. The van der Waals surface area contributed by atoms with Gasteiger partial charge in [-0.15, -0.1) is 0 Å². The van der Waals surface area contributed by atoms with Crippen LogP contribution in [0.1, 0.15) is 148 Å². The van der Waals surface area contributed by atoms with Crippen molar-refractivity contribution in [3.05, 3.63) is 88.2 Å². The SMILES string of the molecule is CCc1ccc(C[C@H]2OC(=O)[C@H](CC(C)C)N(C)C(=O)[C@@H](C)OC(=O)[C@H](CC(C)C)N(C)C(=O)[C@@H](Cc3ccc(C(C)n4nc(C(F)(F)F)cc4C(F)(F)F)cc3)OC(=O)[C@H](CC(C)C)N(C)C(=O)[C@@H](C)OC(=O)[C@H](CC(C)C)N(C)C2=O)cc1. The topological polar surface area (TPSA) is 204 Å². The van der Waals surface area contributed by atoms with Crippen LogP contribution < -0.4 is 0 Å². The largest absolute Gasteiger partial charge is 0.451 e. The minimum Gasteiger partial charge on any atom is -0.451 e. The number of likely N-dealkylation sites (N-methyl/N-ethyl adjacent to an activating group) is 4. The second-order valence-corrected chi connectivity index (χ2v) is 23.7. The number of hydrogen-bond acceptors (Lipinski definition) is 13. The summed E-state index contributed by atoms with van der Waals surface area (Å²) in [6.45, 7) is 19.9. The van der Waals surface area contributed by atoms with Crippen molar-refractivity contribution in [1.29, 1.82) is 0 Å². The van der Waals surface area contributed by atoms with E-state index in [9.17, 15) is 59.9 Å². The van der Waals surface area contributed by atoms with Gasteiger partial charge in [0.25, 0.3) is 23.6 Å². The lowest BCUT2D eigenvalue weighted by molar-refractivity contribution is -0.176. The Morgan fingerprint density at radius 3 is 1.07 bits per heavy atom. The van der Waals surface area contributed by atoms with Crippen LogP contribution in [0.3, 0.4) is 0 Å². The zero-order chi connectivity index (χ0) is 64.3. The van der Waals surface area contributed by atoms with Gasteiger partial charge in [-0.1, -0.05) is 111 Å². The maximum absolute atomic E-state index is 15.0. The number of aromatic nitrogens is 2. The van der Waals surface area contributed by atoms with Crippen molar-refractivity contribution in [2.75, 3.05) is 28.2 Å². The van der Waals surface area contributed by atoms with Gasteiger partial charge < -0.3 is 38.5 Å². The van der Waals surface area contributed by atoms with Crippen LogP contribution in [0, 0.1) is 23.7 Å². The van der Waals surface area contributed by atoms with E-state index in [0.29, 0.717) is 5.56 Å². The molecular weight excluding hydrogens is 1120 g/mol. The number of aryl methyl sites for hydroxylation is 1. The molecule has 1 aliphatic rings. The molecule has 1 fully saturated rings. The first-order valence-electron chi connectivity index (χ1n) is 28.7. The first kappa shape index (κ1) is 70.5. The molecule has 3 aromatic rings. The number of carbonyl (C=O) groups excluding carboxylic acids is 8. The first-order chi connectivity index (χ1) is 39.4. The summed E-state index contributed by atoms with van der Waals surface area (Å²) in [4.78, 5) is 121. The van der Waals surface area contributed by atoms with Crippen molar-refractivity contribution < 1.29 is 83.6 Å². The van der Waals surface area contributed by atoms with Crippen molar-refractivity contribution in [1.82, 2.24) is 29.4 Å². The number of rotatable bonds is 15. The van der Waals surface area contributed by atoms with Gasteiger partial charge in [-0.25, -0.2) is 19.2 Å². The minimum absolute atomic E-state index is 0.0194. The highest BCUT2D eigenvalue weighted by Gasteiger charge is 2.45. The fourth-order valence-corrected chi connectivity index (χ4v) is 9.93. The number of nitrogens with zero attached hydrogens (tertiary/aromatic N) is 6. The Labute approximate surface area is 494 Å². The number of ether oxygens (including phenoxy) is 4. The predicted molar refractivity (Wildman–Crippen MR) is 301 cm³/mol. The molecule has 1 unspecified atom stereocenters. The predicted octanol–water partition coefficient (Wildman–Crippen LogP) is 9.07. The number of hydrogen-bond donors (Lipinski definition) is 0. The zero-order valence-corrected chi connectivity index (χ0v) is 51.5. The van der Waals surface area contributed by atoms with E-state index in [2.05, 4.69) is 5.10 Å². The van der Waals surface area contributed by atoms with Gasteiger partial charge in [0.15, 0.2) is 30.1 Å². The molecule has 0 N–H and O–H groups in total. The van der Waals surface area contributed by atoms with Crippen molar-refractivity contribution >= 4 is 47.5 Å². The number of alkyl halides is 6. The summed E-state index contributed by atoms with van der Waals surface area (Å²) in [5.41, 5.74) is -1.51. The molecule has 18 nitrogen and oxygen atoms in total. The van der Waals surface area contributed by atoms with E-state index in [1.54, 1.807) is 67.5 Å². The minimum atomic E-state index is -5.22. The van der Waals surface area contributed by atoms with Gasteiger partial charge in [-0.05, 0) is 98.8 Å². The molecule has 24 heteroatoms. The standard InChI is InChI=1S/C61H84F6N6O12/c1-17-40-18-20-41(21-19-40)30-48-54(76)71(15)44(26-33(2)3)56(78)82-39(12)53(75)70(14)47(29-36(8)9)59(81)85-49(31-42-22-24-43(25-23-42)37(10)73-51(61(65,66)67)32-50(68-73)60(62,63)64)55(77)72(16)45(27-34(4)5)57(79)83-38(11)52(74)69(13)46(28-35(6)7)58(80)84-48/h18-25,32-39,44-49H,17,26-31H2,1-16H3/t37?,38-,39-,44+,45+,46+,47+,48-,49-/m1/s1. The van der Waals surface area contributed by atoms with E-state index in [4.69, 9.17) is 18.9 Å². The Morgan fingerprint density at radius 2 is 0.765 bits per heavy atom. The van der Waals surface area contributed by atoms with E-state index < -0.39 is 132 Å². The van der Waals surface area contributed by atoms with E-state index >= 15 is 4.79 Å². The van der Waals surface area contributed by atoms with Crippen molar-refractivity contribution in [3.63, 3.8) is 0 Å². The number of cyclic esters (lactones) is 4. The van der Waals surface area contributed by atoms with Gasteiger partial charge in [0.05, 0.1) is 6.04 Å². The maximum atomic E-state index is 15.0. The zero-order valence-electron chi connectivity index (χ0n) is 51.5. The third-order valence-corrected chi connectivity index (χ3v) is 14.9. The summed E-state index contributed by atoms with van der Waals surface area (Å²) in [6.07, 6.45) is -17.0. The second kappa shape index (κ2) is 29.9. The number of halogens is 6. The summed E-state index contributed by atoms with van der Waals surface area (Å²) in [5.74, 6) is -8.78. The van der Waals surface area contributed by atoms with Crippen molar-refractivity contribution in [2.24, 2.45) is 23.7 Å². The van der Waals surface area contributed by atoms with Crippen LogP contribution in [0.25, 0.3) is 0 Å². The molecule has 1 saturated heterocycles. The Hall–Kier alpha value is -7.01. The molecule has 1 aliphatic heterocycles. The van der Waals surface area contributed by atoms with Crippen LogP contribution in [-0.2, 0) is 88.9 Å². The molecular formula is C61H84F6N6O12. The number of carbonyl (C=O) groups is 8. The Morgan fingerprint density at radius 1 is 0.459 bits per heavy atom. The molecule has 4 rings (SSSR count). The molecule has 0 radical (unpaired) electrons. The van der Waals surface area contributed by atoms with Crippen molar-refractivity contribution in [3.8, 4) is 0 Å². The summed E-state index contributed by atoms with van der Waals surface area (Å²) >= 11 is 0. The van der Waals surface area contributed by atoms with Crippen LogP contribution in [0.5, 0.6) is 0 Å². The Balaban J connectivity index is 1.89. The quantitative estimate of drug-likeness (QED) is 0.0792. The molecule has 2 heterocycles. The van der Waals surface area contributed by atoms with Gasteiger partial charge in [-0.2, -0.15) is 31.4 Å². The van der Waals surface area contributed by atoms with Crippen molar-refractivity contribution in [2.45, 2.75) is 195 Å². The molecule has 1 aromatic heterocycles. The fourth-order valence-electron chi connectivity index (χ4n) is 9.93. The average Bonchev–Trinajstić information content (AvgIpc) is 2.08. The molecule has 2 aromatic carbocycles. The van der Waals surface area contributed by atoms with Crippen LogP contribution >= 0.6 is 0 Å². The van der Waals surface area contributed by atoms with Gasteiger partial charge in [-0.3, -0.25) is 23.9 Å². The molecule has 9 atom stereocenters. The molecule has 0 saturated carbocycles. The summed E-state index contributed by atoms with van der Waals surface area (Å²) < 4.78 is 107. The maximum Gasteiger partial charge on any atom is 0.435 e. The molecule has 85 heavy (non-hydrogen) atoms. The van der Waals surface area contributed by atoms with E-state index in [1.807, 2.05) is 19.1 Å². The number of amides is 4. The molecule has 0 aliphatic carbocycles. The lowest BCUT2D eigenvalue weighted by Crippen LogP contribution is -2.55. The monoisotopic (exact) mass is 1210 g/mol. The van der Waals surface area contributed by atoms with Crippen LogP contribution in [0.4, 0.5) is 26.3 Å². The van der Waals surface area contributed by atoms with Crippen LogP contribution in [-0.4, -0.2) is 154 Å². The lowest BCUT2D eigenvalue weighted by atomic mass is 9.99. The highest BCUT2D eigenvalue weighted by Crippen LogP contribution is 2.38. The normalized spacial score (nSPS) is 23.4. The van der Waals surface area contributed by atoms with Gasteiger partial charge in [0, 0.05) is 47.1 Å². The first-order valence-corrected chi connectivity index (χ1v) is 28.7.